The summed E-state index contributed by atoms with van der Waals surface area (Å²) in [4.78, 5) is 4.90. The maximum absolute atomic E-state index is 12.6. The van der Waals surface area contributed by atoms with E-state index >= 15 is 0 Å². The second-order valence-corrected chi connectivity index (χ2v) is 9.46. The molecule has 4 aromatic rings. The number of hydrogen-bond acceptors (Lipinski definition) is 4. The van der Waals surface area contributed by atoms with E-state index in [-0.39, 0.29) is 4.90 Å². The van der Waals surface area contributed by atoms with Crippen molar-refractivity contribution in [3.63, 3.8) is 0 Å². The molecule has 146 valence electrons. The Balaban J connectivity index is 1.61. The van der Waals surface area contributed by atoms with Gasteiger partial charge >= 0.3 is 0 Å². The van der Waals surface area contributed by atoms with Crippen molar-refractivity contribution in [1.82, 2.24) is 4.98 Å². The number of sulfonamides is 1. The Bertz CT molecular complexity index is 1270. The molecule has 4 rings (SSSR count). The predicted molar refractivity (Wildman–Crippen MR) is 120 cm³/mol. The first-order valence-corrected chi connectivity index (χ1v) is 11.6. The predicted octanol–water partition coefficient (Wildman–Crippen LogP) is 6.24. The first-order chi connectivity index (χ1) is 13.9. The van der Waals surface area contributed by atoms with Gasteiger partial charge < -0.3 is 0 Å². The van der Waals surface area contributed by atoms with E-state index in [0.717, 1.165) is 27.4 Å². The third-order valence-corrected chi connectivity index (χ3v) is 6.95. The van der Waals surface area contributed by atoms with Crippen LogP contribution in [0.1, 0.15) is 5.56 Å². The number of aromatic nitrogens is 1. The highest BCUT2D eigenvalue weighted by Gasteiger charge is 2.15. The van der Waals surface area contributed by atoms with Crippen LogP contribution in [0.4, 0.5) is 5.69 Å². The normalized spacial score (nSPS) is 11.4. The van der Waals surface area contributed by atoms with Gasteiger partial charge in [0.1, 0.15) is 5.01 Å². The minimum atomic E-state index is -3.66. The molecule has 0 aliphatic heterocycles. The molecule has 0 unspecified atom stereocenters. The monoisotopic (exact) mass is 440 g/mol. The molecule has 1 N–H and O–H groups in total. The number of hydrogen-bond donors (Lipinski definition) is 1. The van der Waals surface area contributed by atoms with Gasteiger partial charge in [0.15, 0.2) is 0 Å². The van der Waals surface area contributed by atoms with Gasteiger partial charge in [-0.05, 0) is 37.3 Å². The molecule has 29 heavy (non-hydrogen) atoms. The third-order valence-electron chi connectivity index (χ3n) is 4.35. The summed E-state index contributed by atoms with van der Waals surface area (Å²) in [7, 11) is -3.66. The largest absolute Gasteiger partial charge is 0.280 e. The van der Waals surface area contributed by atoms with Gasteiger partial charge in [-0.25, -0.2) is 13.4 Å². The van der Waals surface area contributed by atoms with Crippen LogP contribution in [0.15, 0.2) is 83.1 Å². The van der Waals surface area contributed by atoms with Crippen LogP contribution in [-0.2, 0) is 10.0 Å². The molecule has 0 saturated carbocycles. The molecule has 0 radical (unpaired) electrons. The van der Waals surface area contributed by atoms with Crippen molar-refractivity contribution in [1.29, 1.82) is 0 Å². The molecule has 1 heterocycles. The fourth-order valence-corrected chi connectivity index (χ4v) is 5.04. The van der Waals surface area contributed by atoms with Gasteiger partial charge in [-0.15, -0.1) is 11.3 Å². The summed E-state index contributed by atoms with van der Waals surface area (Å²) >= 11 is 7.76. The maximum atomic E-state index is 12.6. The van der Waals surface area contributed by atoms with Gasteiger partial charge in [-0.1, -0.05) is 59.6 Å². The van der Waals surface area contributed by atoms with Gasteiger partial charge in [0, 0.05) is 22.2 Å². The maximum Gasteiger partial charge on any atom is 0.261 e. The van der Waals surface area contributed by atoms with Gasteiger partial charge in [-0.2, -0.15) is 0 Å². The van der Waals surface area contributed by atoms with E-state index < -0.39 is 10.0 Å². The van der Waals surface area contributed by atoms with Gasteiger partial charge in [-0.3, -0.25) is 4.72 Å². The van der Waals surface area contributed by atoms with Crippen LogP contribution in [0.5, 0.6) is 0 Å². The van der Waals surface area contributed by atoms with E-state index in [1.165, 1.54) is 11.3 Å². The Kier molecular flexibility index (Phi) is 5.41. The number of benzene rings is 3. The van der Waals surface area contributed by atoms with Crippen LogP contribution in [0.25, 0.3) is 21.8 Å². The van der Waals surface area contributed by atoms with Crippen molar-refractivity contribution in [2.45, 2.75) is 11.8 Å². The molecular weight excluding hydrogens is 424 g/mol. The third kappa shape index (κ3) is 4.34. The van der Waals surface area contributed by atoms with Crippen molar-refractivity contribution >= 4 is 38.6 Å². The highest BCUT2D eigenvalue weighted by atomic mass is 35.5. The highest BCUT2D eigenvalue weighted by molar-refractivity contribution is 7.92. The zero-order chi connectivity index (χ0) is 20.4. The second kappa shape index (κ2) is 7.99. The molecule has 0 fully saturated rings. The topological polar surface area (TPSA) is 59.1 Å². The summed E-state index contributed by atoms with van der Waals surface area (Å²) in [6.45, 7) is 1.91. The van der Waals surface area contributed by atoms with Crippen LogP contribution < -0.4 is 4.72 Å². The lowest BCUT2D eigenvalue weighted by atomic mass is 10.1. The lowest BCUT2D eigenvalue weighted by molar-refractivity contribution is 0.601. The van der Waals surface area contributed by atoms with Crippen molar-refractivity contribution in [2.24, 2.45) is 0 Å². The molecule has 0 bridgehead atoms. The summed E-state index contributed by atoms with van der Waals surface area (Å²) in [5.41, 5.74) is 3.95. The molecule has 0 saturated heterocycles. The molecule has 7 heteroatoms. The van der Waals surface area contributed by atoms with Crippen molar-refractivity contribution < 1.29 is 8.42 Å². The van der Waals surface area contributed by atoms with Crippen LogP contribution >= 0.6 is 22.9 Å². The SMILES string of the molecule is Cc1ccc(S(=O)(=O)Nc2cccc(-c3csc(-c4ccccc4Cl)n3)c2)cc1. The summed E-state index contributed by atoms with van der Waals surface area (Å²) < 4.78 is 27.9. The fourth-order valence-electron chi connectivity index (χ4n) is 2.84. The fraction of sp³-hybridized carbons (Fsp3) is 0.0455. The first kappa shape index (κ1) is 19.6. The molecule has 0 amide bonds. The molecular formula is C22H17ClN2O2S2. The molecule has 0 atom stereocenters. The van der Waals surface area contributed by atoms with E-state index in [0.29, 0.717) is 10.7 Å². The van der Waals surface area contributed by atoms with Crippen LogP contribution in [-0.4, -0.2) is 13.4 Å². The Morgan fingerprint density at radius 2 is 1.72 bits per heavy atom. The summed E-state index contributed by atoms with van der Waals surface area (Å²) in [6, 6.07) is 21.5. The summed E-state index contributed by atoms with van der Waals surface area (Å²) in [6.07, 6.45) is 0. The van der Waals surface area contributed by atoms with Gasteiger partial charge in [0.05, 0.1) is 15.6 Å². The standard InChI is InChI=1S/C22H17ClN2O2S2/c1-15-9-11-18(12-10-15)29(26,27)25-17-6-4-5-16(13-17)21-14-28-22(24-21)19-7-2-3-8-20(19)23/h2-14,25H,1H3. The van der Waals surface area contributed by atoms with Gasteiger partial charge in [0.2, 0.25) is 0 Å². The van der Waals surface area contributed by atoms with Crippen LogP contribution in [0.2, 0.25) is 5.02 Å². The van der Waals surface area contributed by atoms with E-state index in [9.17, 15) is 8.42 Å². The van der Waals surface area contributed by atoms with E-state index in [1.807, 2.05) is 42.6 Å². The average molecular weight is 441 g/mol. The lowest BCUT2D eigenvalue weighted by Gasteiger charge is -2.09. The number of thiazole rings is 1. The van der Waals surface area contributed by atoms with E-state index in [2.05, 4.69) is 9.71 Å². The minimum absolute atomic E-state index is 0.225. The highest BCUT2D eigenvalue weighted by Crippen LogP contribution is 2.33. The van der Waals surface area contributed by atoms with Crippen molar-refractivity contribution in [3.8, 4) is 21.8 Å². The quantitative estimate of drug-likeness (QED) is 0.399. The average Bonchev–Trinajstić information content (AvgIpc) is 3.18. The van der Waals surface area contributed by atoms with E-state index in [4.69, 9.17) is 11.6 Å². The van der Waals surface area contributed by atoms with Crippen LogP contribution in [0.3, 0.4) is 0 Å². The zero-order valence-electron chi connectivity index (χ0n) is 15.5. The van der Waals surface area contributed by atoms with Crippen LogP contribution in [0, 0.1) is 6.92 Å². The summed E-state index contributed by atoms with van der Waals surface area (Å²) in [5, 5.41) is 3.40. The number of nitrogens with zero attached hydrogens (tertiary/aromatic N) is 1. The second-order valence-electron chi connectivity index (χ2n) is 6.52. The number of aryl methyl sites for hydroxylation is 1. The molecule has 0 spiro atoms. The van der Waals surface area contributed by atoms with E-state index in [1.54, 1.807) is 42.5 Å². The molecule has 4 nitrogen and oxygen atoms in total. The molecule has 0 aliphatic rings. The number of anilines is 1. The van der Waals surface area contributed by atoms with Crippen molar-refractivity contribution in [3.05, 3.63) is 88.8 Å². The first-order valence-electron chi connectivity index (χ1n) is 8.83. The number of rotatable bonds is 5. The zero-order valence-corrected chi connectivity index (χ0v) is 17.9. The smallest absolute Gasteiger partial charge is 0.261 e. The summed E-state index contributed by atoms with van der Waals surface area (Å²) in [5.74, 6) is 0. The Labute approximate surface area is 178 Å². The molecule has 3 aromatic carbocycles. The minimum Gasteiger partial charge on any atom is -0.280 e. The van der Waals surface area contributed by atoms with Gasteiger partial charge in [0.25, 0.3) is 10.0 Å². The number of halogens is 1. The Morgan fingerprint density at radius 1 is 0.966 bits per heavy atom. The Morgan fingerprint density at radius 3 is 2.48 bits per heavy atom. The molecule has 0 aliphatic carbocycles. The molecule has 1 aromatic heterocycles. The number of nitrogens with one attached hydrogen (secondary N) is 1. The van der Waals surface area contributed by atoms with Crippen molar-refractivity contribution in [2.75, 3.05) is 4.72 Å². The Hall–Kier alpha value is -2.67. The lowest BCUT2D eigenvalue weighted by Crippen LogP contribution is -2.12.